The quantitative estimate of drug-likeness (QED) is 0.654. The lowest BCUT2D eigenvalue weighted by Gasteiger charge is -2.05. The lowest BCUT2D eigenvalue weighted by atomic mass is 10.2. The van der Waals surface area contributed by atoms with Crippen LogP contribution < -0.4 is 5.32 Å². The molecular weight excluding hydrogens is 162 g/mol. The van der Waals surface area contributed by atoms with Gasteiger partial charge in [-0.1, -0.05) is 0 Å². The van der Waals surface area contributed by atoms with E-state index in [-0.39, 0.29) is 6.10 Å². The van der Waals surface area contributed by atoms with E-state index in [2.05, 4.69) is 14.1 Å². The molecule has 0 spiro atoms. The van der Waals surface area contributed by atoms with Crippen LogP contribution in [0.15, 0.2) is 6.20 Å². The van der Waals surface area contributed by atoms with Crippen molar-refractivity contribution in [2.45, 2.75) is 12.5 Å². The van der Waals surface area contributed by atoms with Gasteiger partial charge in [-0.05, 0) is 7.05 Å². The summed E-state index contributed by atoms with van der Waals surface area (Å²) in [6.45, 7) is 0.595. The zero-order valence-corrected chi connectivity index (χ0v) is 7.14. The van der Waals surface area contributed by atoms with Crippen LogP contribution in [0.2, 0.25) is 0 Å². The molecule has 0 radical (unpaired) electrons. The predicted molar refractivity (Wildman–Crippen MR) is 43.5 cm³/mol. The Bertz CT molecular complexity index is 190. The molecule has 0 amide bonds. The van der Waals surface area contributed by atoms with Crippen LogP contribution in [0.4, 0.5) is 0 Å². The fourth-order valence-electron chi connectivity index (χ4n) is 0.823. The smallest absolute Gasteiger partial charge is 0.0769 e. The van der Waals surface area contributed by atoms with Gasteiger partial charge in [-0.15, -0.1) is 0 Å². The molecule has 1 rings (SSSR count). The van der Waals surface area contributed by atoms with E-state index in [4.69, 9.17) is 0 Å². The van der Waals surface area contributed by atoms with Gasteiger partial charge >= 0.3 is 0 Å². The minimum absolute atomic E-state index is 0.358. The Morgan fingerprint density at radius 2 is 2.64 bits per heavy atom. The first-order valence-electron chi connectivity index (χ1n) is 3.42. The summed E-state index contributed by atoms with van der Waals surface area (Å²) in [4.78, 5) is 0. The average molecular weight is 173 g/mol. The number of hydrogen-bond donors (Lipinski definition) is 2. The topological polar surface area (TPSA) is 58.0 Å². The number of aromatic nitrogens is 2. The van der Waals surface area contributed by atoms with Gasteiger partial charge in [0.2, 0.25) is 0 Å². The fraction of sp³-hybridized carbons (Fsp3) is 0.667. The summed E-state index contributed by atoms with van der Waals surface area (Å²) in [6.07, 6.45) is 1.91. The Kier molecular flexibility index (Phi) is 3.41. The van der Waals surface area contributed by atoms with Crippen LogP contribution in [-0.4, -0.2) is 33.6 Å². The number of likely N-dealkylation sites (N-methyl/N-ethyl adjacent to an activating group) is 1. The second kappa shape index (κ2) is 4.38. The normalized spacial score (nSPS) is 13.3. The van der Waals surface area contributed by atoms with Gasteiger partial charge in [0, 0.05) is 13.0 Å². The minimum atomic E-state index is -0.358. The molecule has 1 unspecified atom stereocenters. The van der Waals surface area contributed by atoms with Crippen LogP contribution >= 0.6 is 11.7 Å². The molecule has 0 aromatic carbocycles. The third-order valence-electron chi connectivity index (χ3n) is 1.29. The summed E-state index contributed by atoms with van der Waals surface area (Å²) in [5.41, 5.74) is 0.859. The summed E-state index contributed by atoms with van der Waals surface area (Å²) >= 11 is 1.17. The maximum Gasteiger partial charge on any atom is 0.0769 e. The number of hydrogen-bond acceptors (Lipinski definition) is 5. The zero-order chi connectivity index (χ0) is 8.10. The van der Waals surface area contributed by atoms with Gasteiger partial charge in [0.05, 0.1) is 29.7 Å². The first-order chi connectivity index (χ1) is 5.33. The number of nitrogens with one attached hydrogen (secondary N) is 1. The zero-order valence-electron chi connectivity index (χ0n) is 6.32. The second-order valence-electron chi connectivity index (χ2n) is 2.31. The van der Waals surface area contributed by atoms with Crippen molar-refractivity contribution in [1.29, 1.82) is 0 Å². The van der Waals surface area contributed by atoms with E-state index in [1.54, 1.807) is 6.20 Å². The third kappa shape index (κ3) is 2.92. The van der Waals surface area contributed by atoms with Crippen LogP contribution in [0.3, 0.4) is 0 Å². The lowest BCUT2D eigenvalue weighted by molar-refractivity contribution is 0.174. The first-order valence-corrected chi connectivity index (χ1v) is 4.15. The standard InChI is InChI=1S/C6H11N3OS/c1-7-4-6(10)2-5-3-8-11-9-5/h3,6-7,10H,2,4H2,1H3. The van der Waals surface area contributed by atoms with E-state index in [9.17, 15) is 5.11 Å². The van der Waals surface area contributed by atoms with E-state index < -0.39 is 0 Å². The molecule has 0 aliphatic carbocycles. The molecule has 0 saturated carbocycles. The van der Waals surface area contributed by atoms with Gasteiger partial charge in [-0.2, -0.15) is 8.75 Å². The molecule has 0 aliphatic heterocycles. The van der Waals surface area contributed by atoms with Gasteiger partial charge in [0.1, 0.15) is 0 Å². The predicted octanol–water partition coefficient (Wildman–Crippen LogP) is -0.339. The highest BCUT2D eigenvalue weighted by Crippen LogP contribution is 1.99. The molecule has 0 saturated heterocycles. The molecule has 11 heavy (non-hydrogen) atoms. The van der Waals surface area contributed by atoms with Crippen LogP contribution in [-0.2, 0) is 6.42 Å². The number of nitrogens with zero attached hydrogens (tertiary/aromatic N) is 2. The molecule has 0 aliphatic rings. The van der Waals surface area contributed by atoms with E-state index >= 15 is 0 Å². The molecule has 0 bridgehead atoms. The van der Waals surface area contributed by atoms with Crippen molar-refractivity contribution < 1.29 is 5.11 Å². The van der Waals surface area contributed by atoms with Crippen molar-refractivity contribution in [2.75, 3.05) is 13.6 Å². The molecule has 4 nitrogen and oxygen atoms in total. The molecule has 0 fully saturated rings. The summed E-state index contributed by atoms with van der Waals surface area (Å²) < 4.78 is 7.82. The van der Waals surface area contributed by atoms with Crippen molar-refractivity contribution in [1.82, 2.24) is 14.1 Å². The Morgan fingerprint density at radius 1 is 1.82 bits per heavy atom. The van der Waals surface area contributed by atoms with Gasteiger partial charge < -0.3 is 10.4 Å². The first kappa shape index (κ1) is 8.58. The van der Waals surface area contributed by atoms with E-state index in [1.165, 1.54) is 11.7 Å². The highest BCUT2D eigenvalue weighted by Gasteiger charge is 2.05. The van der Waals surface area contributed by atoms with Gasteiger partial charge in [0.15, 0.2) is 0 Å². The molecule has 62 valence electrons. The van der Waals surface area contributed by atoms with Crippen LogP contribution in [0.5, 0.6) is 0 Å². The van der Waals surface area contributed by atoms with Gasteiger partial charge in [-0.25, -0.2) is 0 Å². The SMILES string of the molecule is CNCC(O)Cc1cnsn1. The van der Waals surface area contributed by atoms with E-state index in [0.29, 0.717) is 13.0 Å². The maximum absolute atomic E-state index is 9.30. The molecular formula is C6H11N3OS. The Labute approximate surface area is 69.6 Å². The molecule has 1 atom stereocenters. The van der Waals surface area contributed by atoms with Crippen LogP contribution in [0, 0.1) is 0 Å². The molecule has 5 heteroatoms. The second-order valence-corrected chi connectivity index (χ2v) is 2.87. The third-order valence-corrected chi connectivity index (χ3v) is 1.81. The Morgan fingerprint density at radius 3 is 3.18 bits per heavy atom. The van der Waals surface area contributed by atoms with E-state index in [1.807, 2.05) is 7.05 Å². The fourth-order valence-corrected chi connectivity index (χ4v) is 1.27. The van der Waals surface area contributed by atoms with Crippen molar-refractivity contribution in [3.05, 3.63) is 11.9 Å². The number of rotatable bonds is 4. The lowest BCUT2D eigenvalue weighted by Crippen LogP contribution is -2.25. The maximum atomic E-state index is 9.30. The average Bonchev–Trinajstić information content (AvgIpc) is 2.40. The molecule has 2 N–H and O–H groups in total. The summed E-state index contributed by atoms with van der Waals surface area (Å²) in [7, 11) is 1.81. The summed E-state index contributed by atoms with van der Waals surface area (Å²) in [6, 6.07) is 0. The minimum Gasteiger partial charge on any atom is -0.391 e. The van der Waals surface area contributed by atoms with Gasteiger partial charge in [-0.3, -0.25) is 0 Å². The van der Waals surface area contributed by atoms with E-state index in [0.717, 1.165) is 5.69 Å². The van der Waals surface area contributed by atoms with Crippen molar-refractivity contribution >= 4 is 11.7 Å². The number of aliphatic hydroxyl groups is 1. The number of aliphatic hydroxyl groups excluding tert-OH is 1. The molecule has 1 heterocycles. The van der Waals surface area contributed by atoms with Crippen molar-refractivity contribution in [3.8, 4) is 0 Å². The van der Waals surface area contributed by atoms with Crippen molar-refractivity contribution in [3.63, 3.8) is 0 Å². The van der Waals surface area contributed by atoms with Gasteiger partial charge in [0.25, 0.3) is 0 Å². The Hall–Kier alpha value is -0.520. The largest absolute Gasteiger partial charge is 0.391 e. The molecule has 1 aromatic heterocycles. The highest BCUT2D eigenvalue weighted by molar-refractivity contribution is 6.99. The van der Waals surface area contributed by atoms with Crippen LogP contribution in [0.25, 0.3) is 0 Å². The van der Waals surface area contributed by atoms with Crippen LogP contribution in [0.1, 0.15) is 5.69 Å². The Balaban J connectivity index is 2.31. The summed E-state index contributed by atoms with van der Waals surface area (Å²) in [5.74, 6) is 0. The summed E-state index contributed by atoms with van der Waals surface area (Å²) in [5, 5.41) is 12.2. The molecule has 1 aromatic rings. The highest BCUT2D eigenvalue weighted by atomic mass is 32.1. The monoisotopic (exact) mass is 173 g/mol. The van der Waals surface area contributed by atoms with Crippen molar-refractivity contribution in [2.24, 2.45) is 0 Å².